The largest absolute Gasteiger partial charge is 0.478 e. The van der Waals surface area contributed by atoms with Gasteiger partial charge in [0.15, 0.2) is 0 Å². The van der Waals surface area contributed by atoms with Crippen LogP contribution in [0.25, 0.3) is 0 Å². The minimum absolute atomic E-state index is 0.0354. The van der Waals surface area contributed by atoms with Crippen molar-refractivity contribution in [1.82, 2.24) is 4.31 Å². The van der Waals surface area contributed by atoms with E-state index < -0.39 is 16.0 Å². The molecule has 0 amide bonds. The molecule has 118 valence electrons. The molecule has 0 radical (unpaired) electrons. The van der Waals surface area contributed by atoms with E-state index in [4.69, 9.17) is 5.11 Å². The second-order valence-electron chi connectivity index (χ2n) is 4.92. The first-order valence-electron chi connectivity index (χ1n) is 6.71. The molecule has 0 unspecified atom stereocenters. The Morgan fingerprint density at radius 1 is 1.33 bits per heavy atom. The topological polar surface area (TPSA) is 74.7 Å². The van der Waals surface area contributed by atoms with Gasteiger partial charge in [-0.05, 0) is 31.0 Å². The fraction of sp³-hybridized carbons (Fsp3) is 0.500. The van der Waals surface area contributed by atoms with Gasteiger partial charge in [0.25, 0.3) is 0 Å². The van der Waals surface area contributed by atoms with Gasteiger partial charge in [-0.2, -0.15) is 0 Å². The van der Waals surface area contributed by atoms with Gasteiger partial charge in [-0.25, -0.2) is 17.5 Å². The molecule has 1 N–H and O–H groups in total. The summed E-state index contributed by atoms with van der Waals surface area (Å²) in [5.74, 6) is -1.15. The summed E-state index contributed by atoms with van der Waals surface area (Å²) in [6.45, 7) is 4.12. The summed E-state index contributed by atoms with van der Waals surface area (Å²) in [6.07, 6.45) is 2.75. The van der Waals surface area contributed by atoms with Crippen LogP contribution in [0, 0.1) is 6.92 Å². The fourth-order valence-electron chi connectivity index (χ4n) is 1.92. The van der Waals surface area contributed by atoms with E-state index in [2.05, 4.69) is 15.9 Å². The molecule has 0 aromatic heterocycles. The number of halogens is 1. The lowest BCUT2D eigenvalue weighted by atomic mass is 10.1. The molecule has 0 heterocycles. The van der Waals surface area contributed by atoms with Crippen molar-refractivity contribution in [3.8, 4) is 0 Å². The van der Waals surface area contributed by atoms with Crippen LogP contribution in [0.5, 0.6) is 0 Å². The monoisotopic (exact) mass is 377 g/mol. The van der Waals surface area contributed by atoms with E-state index >= 15 is 0 Å². The molecule has 0 atom stereocenters. The average molecular weight is 378 g/mol. The lowest BCUT2D eigenvalue weighted by molar-refractivity contribution is 0.0696. The van der Waals surface area contributed by atoms with E-state index in [9.17, 15) is 13.2 Å². The molecular formula is C14H20BrNO4S. The molecule has 0 fully saturated rings. The summed E-state index contributed by atoms with van der Waals surface area (Å²) in [4.78, 5) is 11.1. The number of aromatic carboxylic acids is 1. The highest BCUT2D eigenvalue weighted by atomic mass is 79.9. The van der Waals surface area contributed by atoms with Gasteiger partial charge in [0.2, 0.25) is 10.0 Å². The third-order valence-corrected chi connectivity index (χ3v) is 6.12. The van der Waals surface area contributed by atoms with Gasteiger partial charge in [-0.1, -0.05) is 35.7 Å². The Hall–Kier alpha value is -0.920. The predicted octanol–water partition coefficient (Wildman–Crippen LogP) is 3.27. The van der Waals surface area contributed by atoms with Crippen molar-refractivity contribution in [3.63, 3.8) is 0 Å². The normalized spacial score (nSPS) is 11.9. The minimum atomic E-state index is -3.69. The molecule has 0 aliphatic heterocycles. The highest BCUT2D eigenvalue weighted by molar-refractivity contribution is 9.10. The number of rotatable bonds is 7. The molecule has 0 bridgehead atoms. The Morgan fingerprint density at radius 2 is 1.95 bits per heavy atom. The Labute approximate surface area is 134 Å². The van der Waals surface area contributed by atoms with E-state index in [1.54, 1.807) is 6.92 Å². The molecule has 0 aliphatic carbocycles. The molecule has 0 saturated heterocycles. The van der Waals surface area contributed by atoms with E-state index in [1.807, 2.05) is 6.92 Å². The SMILES string of the molecule is CCCCCN(C)S(=O)(=O)c1cc(C(=O)O)cc(Br)c1C. The Kier molecular flexibility index (Phi) is 6.37. The number of carboxylic acid groups (broad SMARTS) is 1. The van der Waals surface area contributed by atoms with Crippen LogP contribution in [-0.4, -0.2) is 37.4 Å². The van der Waals surface area contributed by atoms with Gasteiger partial charge >= 0.3 is 5.97 Å². The van der Waals surface area contributed by atoms with Crippen molar-refractivity contribution in [1.29, 1.82) is 0 Å². The smallest absolute Gasteiger partial charge is 0.335 e. The van der Waals surface area contributed by atoms with Gasteiger partial charge in [0, 0.05) is 18.1 Å². The first-order chi connectivity index (χ1) is 9.71. The minimum Gasteiger partial charge on any atom is -0.478 e. The maximum Gasteiger partial charge on any atom is 0.335 e. The Bertz CT molecular complexity index is 628. The second-order valence-corrected chi connectivity index (χ2v) is 7.79. The molecule has 0 spiro atoms. The third kappa shape index (κ3) is 4.28. The lowest BCUT2D eigenvalue weighted by Crippen LogP contribution is -2.28. The van der Waals surface area contributed by atoms with Crippen LogP contribution < -0.4 is 0 Å². The number of carboxylic acids is 1. The summed E-state index contributed by atoms with van der Waals surface area (Å²) in [5, 5.41) is 9.07. The summed E-state index contributed by atoms with van der Waals surface area (Å²) >= 11 is 3.22. The van der Waals surface area contributed by atoms with E-state index in [-0.39, 0.29) is 10.5 Å². The van der Waals surface area contributed by atoms with Gasteiger partial charge in [0.1, 0.15) is 0 Å². The summed E-state index contributed by atoms with van der Waals surface area (Å²) in [7, 11) is -2.17. The van der Waals surface area contributed by atoms with Crippen LogP contribution in [0.3, 0.4) is 0 Å². The molecule has 1 aromatic carbocycles. The number of carbonyl (C=O) groups is 1. The van der Waals surface area contributed by atoms with E-state index in [1.165, 1.54) is 23.5 Å². The summed E-state index contributed by atoms with van der Waals surface area (Å²) < 4.78 is 26.9. The molecular weight excluding hydrogens is 358 g/mol. The van der Waals surface area contributed by atoms with Gasteiger partial charge in [0.05, 0.1) is 10.5 Å². The van der Waals surface area contributed by atoms with Gasteiger partial charge in [-0.15, -0.1) is 0 Å². The van der Waals surface area contributed by atoms with Crippen LogP contribution in [0.2, 0.25) is 0 Å². The molecule has 0 saturated carbocycles. The molecule has 21 heavy (non-hydrogen) atoms. The molecule has 7 heteroatoms. The zero-order valence-corrected chi connectivity index (χ0v) is 14.8. The van der Waals surface area contributed by atoms with Crippen molar-refractivity contribution in [3.05, 3.63) is 27.7 Å². The van der Waals surface area contributed by atoms with Crippen LogP contribution in [0.1, 0.15) is 42.1 Å². The lowest BCUT2D eigenvalue weighted by Gasteiger charge is -2.19. The van der Waals surface area contributed by atoms with Crippen molar-refractivity contribution < 1.29 is 18.3 Å². The number of hydrogen-bond donors (Lipinski definition) is 1. The number of hydrogen-bond acceptors (Lipinski definition) is 3. The third-order valence-electron chi connectivity index (χ3n) is 3.31. The van der Waals surface area contributed by atoms with Crippen molar-refractivity contribution in [2.24, 2.45) is 0 Å². The number of benzene rings is 1. The van der Waals surface area contributed by atoms with E-state index in [0.717, 1.165) is 19.3 Å². The highest BCUT2D eigenvalue weighted by Gasteiger charge is 2.25. The standard InChI is InChI=1S/C14H20BrNO4S/c1-4-5-6-7-16(3)21(19,20)13-9-11(14(17)18)8-12(15)10(13)2/h8-9H,4-7H2,1-3H3,(H,17,18). The number of sulfonamides is 1. The maximum absolute atomic E-state index is 12.6. The maximum atomic E-state index is 12.6. The number of nitrogens with zero attached hydrogens (tertiary/aromatic N) is 1. The fourth-order valence-corrected chi connectivity index (χ4v) is 3.99. The first kappa shape index (κ1) is 18.1. The Morgan fingerprint density at radius 3 is 2.48 bits per heavy atom. The quantitative estimate of drug-likeness (QED) is 0.739. The Balaban J connectivity index is 3.21. The molecule has 0 aliphatic rings. The van der Waals surface area contributed by atoms with Crippen molar-refractivity contribution in [2.75, 3.05) is 13.6 Å². The van der Waals surface area contributed by atoms with Crippen LogP contribution >= 0.6 is 15.9 Å². The van der Waals surface area contributed by atoms with Crippen LogP contribution in [-0.2, 0) is 10.0 Å². The predicted molar refractivity (Wildman–Crippen MR) is 85.2 cm³/mol. The zero-order valence-electron chi connectivity index (χ0n) is 12.4. The zero-order chi connectivity index (χ0) is 16.2. The molecule has 1 rings (SSSR count). The highest BCUT2D eigenvalue weighted by Crippen LogP contribution is 2.28. The summed E-state index contributed by atoms with van der Waals surface area (Å²) in [5.41, 5.74) is 0.468. The number of unbranched alkanes of at least 4 members (excludes halogenated alkanes) is 2. The second kappa shape index (κ2) is 7.38. The molecule has 1 aromatic rings. The van der Waals surface area contributed by atoms with Crippen LogP contribution in [0.4, 0.5) is 0 Å². The van der Waals surface area contributed by atoms with Gasteiger partial charge < -0.3 is 5.11 Å². The van der Waals surface area contributed by atoms with Crippen molar-refractivity contribution >= 4 is 31.9 Å². The van der Waals surface area contributed by atoms with Crippen LogP contribution in [0.15, 0.2) is 21.5 Å². The molecule has 5 nitrogen and oxygen atoms in total. The van der Waals surface area contributed by atoms with E-state index in [0.29, 0.717) is 16.6 Å². The average Bonchev–Trinajstić information content (AvgIpc) is 2.41. The van der Waals surface area contributed by atoms with Gasteiger partial charge in [-0.3, -0.25) is 0 Å². The first-order valence-corrected chi connectivity index (χ1v) is 8.95. The summed E-state index contributed by atoms with van der Waals surface area (Å²) in [6, 6.07) is 2.63. The van der Waals surface area contributed by atoms with Crippen molar-refractivity contribution in [2.45, 2.75) is 38.0 Å².